The van der Waals surface area contributed by atoms with Gasteiger partial charge in [-0.2, -0.15) is 5.10 Å². The van der Waals surface area contributed by atoms with Crippen LogP contribution in [0.5, 0.6) is 0 Å². The third-order valence-corrected chi connectivity index (χ3v) is 2.94. The largest absolute Gasteiger partial charge is 0.379 e. The second-order valence-electron chi connectivity index (χ2n) is 4.24. The first-order valence-corrected chi connectivity index (χ1v) is 5.97. The van der Waals surface area contributed by atoms with Crippen LogP contribution < -0.4 is 5.32 Å². The van der Waals surface area contributed by atoms with E-state index in [2.05, 4.69) is 20.4 Å². The Kier molecular flexibility index (Phi) is 2.97. The molecule has 1 aromatic carbocycles. The van der Waals surface area contributed by atoms with E-state index in [-0.39, 0.29) is 0 Å². The molecule has 0 atom stereocenters. The molecule has 0 aliphatic carbocycles. The predicted molar refractivity (Wildman–Crippen MR) is 71.9 cm³/mol. The monoisotopic (exact) mass is 254 g/mol. The average Bonchev–Trinajstić information content (AvgIpc) is 3.09. The molecule has 0 aliphatic rings. The van der Waals surface area contributed by atoms with Crippen molar-refractivity contribution in [3.05, 3.63) is 55.1 Å². The summed E-state index contributed by atoms with van der Waals surface area (Å²) in [5, 5.41) is 7.44. The molecule has 0 amide bonds. The molecule has 0 bridgehead atoms. The van der Waals surface area contributed by atoms with Crippen molar-refractivity contribution in [3.8, 4) is 5.69 Å². The van der Waals surface area contributed by atoms with E-state index in [1.54, 1.807) is 17.3 Å². The van der Waals surface area contributed by atoms with Gasteiger partial charge in [0.2, 0.25) is 0 Å². The molecular weight excluding hydrogens is 240 g/mol. The van der Waals surface area contributed by atoms with Gasteiger partial charge in [0.05, 0.1) is 24.3 Å². The summed E-state index contributed by atoms with van der Waals surface area (Å²) in [6.45, 7) is 0.749. The molecule has 0 aliphatic heterocycles. The van der Waals surface area contributed by atoms with Crippen molar-refractivity contribution in [2.24, 2.45) is 7.05 Å². The first-order valence-electron chi connectivity index (χ1n) is 5.97. The molecule has 6 heteroatoms. The fraction of sp³-hybridized carbons (Fsp3) is 0.154. The lowest BCUT2D eigenvalue weighted by atomic mass is 10.3. The van der Waals surface area contributed by atoms with Crippen LogP contribution in [0.2, 0.25) is 0 Å². The number of imidazole rings is 1. The van der Waals surface area contributed by atoms with Gasteiger partial charge in [-0.1, -0.05) is 0 Å². The molecule has 2 heterocycles. The molecule has 1 N–H and O–H groups in total. The van der Waals surface area contributed by atoms with Crippen LogP contribution in [-0.4, -0.2) is 24.3 Å². The molecule has 0 spiro atoms. The van der Waals surface area contributed by atoms with Crippen molar-refractivity contribution in [2.75, 3.05) is 5.32 Å². The van der Waals surface area contributed by atoms with Crippen LogP contribution in [0.3, 0.4) is 0 Å². The molecule has 0 fully saturated rings. The van der Waals surface area contributed by atoms with Crippen LogP contribution in [0, 0.1) is 0 Å². The quantitative estimate of drug-likeness (QED) is 0.768. The summed E-state index contributed by atoms with van der Waals surface area (Å²) in [5.74, 6) is 0. The van der Waals surface area contributed by atoms with E-state index in [0.29, 0.717) is 0 Å². The molecule has 0 radical (unpaired) electrons. The van der Waals surface area contributed by atoms with Crippen LogP contribution in [-0.2, 0) is 13.6 Å². The van der Waals surface area contributed by atoms with Gasteiger partial charge >= 0.3 is 0 Å². The number of aromatic nitrogens is 5. The summed E-state index contributed by atoms with van der Waals surface area (Å²) in [6.07, 6.45) is 6.86. The van der Waals surface area contributed by atoms with Gasteiger partial charge in [0, 0.05) is 18.9 Å². The van der Waals surface area contributed by atoms with E-state index in [1.807, 2.05) is 42.1 Å². The maximum absolute atomic E-state index is 4.09. The SMILES string of the molecule is Cn1cncc1CNc1ccc(-n2cncn2)cc1. The molecule has 96 valence electrons. The van der Waals surface area contributed by atoms with E-state index < -0.39 is 0 Å². The maximum atomic E-state index is 4.09. The summed E-state index contributed by atoms with van der Waals surface area (Å²) >= 11 is 0. The Hall–Kier alpha value is -2.63. The zero-order chi connectivity index (χ0) is 13.1. The Balaban J connectivity index is 1.68. The molecule has 2 aromatic heterocycles. The molecule has 19 heavy (non-hydrogen) atoms. The fourth-order valence-electron chi connectivity index (χ4n) is 1.82. The lowest BCUT2D eigenvalue weighted by Crippen LogP contribution is -2.04. The second kappa shape index (κ2) is 4.93. The van der Waals surface area contributed by atoms with Crippen molar-refractivity contribution in [3.63, 3.8) is 0 Å². The van der Waals surface area contributed by atoms with E-state index >= 15 is 0 Å². The Labute approximate surface area is 110 Å². The Bertz CT molecular complexity index is 638. The van der Waals surface area contributed by atoms with Crippen molar-refractivity contribution < 1.29 is 0 Å². The summed E-state index contributed by atoms with van der Waals surface area (Å²) in [7, 11) is 1.98. The zero-order valence-corrected chi connectivity index (χ0v) is 10.6. The van der Waals surface area contributed by atoms with Gasteiger partial charge in [-0.25, -0.2) is 14.6 Å². The minimum atomic E-state index is 0.749. The van der Waals surface area contributed by atoms with Crippen molar-refractivity contribution in [1.29, 1.82) is 0 Å². The summed E-state index contributed by atoms with van der Waals surface area (Å²) in [5.41, 5.74) is 3.19. The van der Waals surface area contributed by atoms with Crippen molar-refractivity contribution >= 4 is 5.69 Å². The van der Waals surface area contributed by atoms with Crippen molar-refractivity contribution in [1.82, 2.24) is 24.3 Å². The number of benzene rings is 1. The third kappa shape index (κ3) is 2.47. The zero-order valence-electron chi connectivity index (χ0n) is 10.6. The van der Waals surface area contributed by atoms with Gasteiger partial charge < -0.3 is 9.88 Å². The average molecular weight is 254 g/mol. The lowest BCUT2D eigenvalue weighted by Gasteiger charge is -2.07. The minimum Gasteiger partial charge on any atom is -0.379 e. The van der Waals surface area contributed by atoms with Crippen LogP contribution in [0.25, 0.3) is 5.69 Å². The van der Waals surface area contributed by atoms with Crippen molar-refractivity contribution in [2.45, 2.75) is 6.54 Å². The molecular formula is C13H14N6. The topological polar surface area (TPSA) is 60.6 Å². The highest BCUT2D eigenvalue weighted by atomic mass is 15.3. The number of nitrogens with zero attached hydrogens (tertiary/aromatic N) is 5. The molecule has 6 nitrogen and oxygen atoms in total. The molecule has 0 saturated heterocycles. The van der Waals surface area contributed by atoms with Gasteiger partial charge in [-0.3, -0.25) is 0 Å². The normalized spacial score (nSPS) is 10.6. The Morgan fingerprint density at radius 3 is 2.58 bits per heavy atom. The fourth-order valence-corrected chi connectivity index (χ4v) is 1.82. The third-order valence-electron chi connectivity index (χ3n) is 2.94. The van der Waals surface area contributed by atoms with Crippen LogP contribution >= 0.6 is 0 Å². The van der Waals surface area contributed by atoms with Gasteiger partial charge in [-0.15, -0.1) is 0 Å². The van der Waals surface area contributed by atoms with Crippen LogP contribution in [0.4, 0.5) is 5.69 Å². The summed E-state index contributed by atoms with van der Waals surface area (Å²) in [4.78, 5) is 8.01. The Morgan fingerprint density at radius 1 is 1.11 bits per heavy atom. The van der Waals surface area contributed by atoms with E-state index in [9.17, 15) is 0 Å². The van der Waals surface area contributed by atoms with E-state index in [1.165, 1.54) is 6.33 Å². The first kappa shape index (κ1) is 11.5. The van der Waals surface area contributed by atoms with Crippen LogP contribution in [0.1, 0.15) is 5.69 Å². The maximum Gasteiger partial charge on any atom is 0.138 e. The highest BCUT2D eigenvalue weighted by molar-refractivity contribution is 5.48. The highest BCUT2D eigenvalue weighted by Crippen LogP contribution is 2.13. The molecule has 0 saturated carbocycles. The van der Waals surface area contributed by atoms with Crippen LogP contribution in [0.15, 0.2) is 49.4 Å². The van der Waals surface area contributed by atoms with Gasteiger partial charge in [-0.05, 0) is 24.3 Å². The second-order valence-corrected chi connectivity index (χ2v) is 4.24. The number of hydrogen-bond acceptors (Lipinski definition) is 4. The Morgan fingerprint density at radius 2 is 1.95 bits per heavy atom. The summed E-state index contributed by atoms with van der Waals surface area (Å²) in [6, 6.07) is 8.04. The van der Waals surface area contributed by atoms with Gasteiger partial charge in [0.15, 0.2) is 0 Å². The summed E-state index contributed by atoms with van der Waals surface area (Å²) < 4.78 is 3.72. The molecule has 3 rings (SSSR count). The minimum absolute atomic E-state index is 0.749. The van der Waals surface area contributed by atoms with E-state index in [0.717, 1.165) is 23.6 Å². The number of rotatable bonds is 4. The van der Waals surface area contributed by atoms with Gasteiger partial charge in [0.1, 0.15) is 12.7 Å². The smallest absolute Gasteiger partial charge is 0.138 e. The number of anilines is 1. The standard InChI is InChI=1S/C13H14N6/c1-18-9-14-6-13(18)7-16-11-2-4-12(5-3-11)19-10-15-8-17-19/h2-6,8-10,16H,7H2,1H3. The molecule has 3 aromatic rings. The molecule has 0 unspecified atom stereocenters. The van der Waals surface area contributed by atoms with Gasteiger partial charge in [0.25, 0.3) is 0 Å². The number of hydrogen-bond donors (Lipinski definition) is 1. The lowest BCUT2D eigenvalue weighted by molar-refractivity contribution is 0.837. The van der Waals surface area contributed by atoms with E-state index in [4.69, 9.17) is 0 Å². The highest BCUT2D eigenvalue weighted by Gasteiger charge is 2.00. The number of aryl methyl sites for hydroxylation is 1. The first-order chi connectivity index (χ1) is 9.33. The predicted octanol–water partition coefficient (Wildman–Crippen LogP) is 1.61. The number of nitrogens with one attached hydrogen (secondary N) is 1.